The Bertz CT molecular complexity index is 1630. The number of pyridine rings is 2. The maximum Gasteiger partial charge on any atom is 0.415 e. The van der Waals surface area contributed by atoms with Crippen molar-refractivity contribution < 1.29 is 32.3 Å². The number of nitriles is 1. The second-order valence-electron chi connectivity index (χ2n) is 10.8. The second-order valence-corrected chi connectivity index (χ2v) is 11.2. The Kier molecular flexibility index (Phi) is 9.53. The summed E-state index contributed by atoms with van der Waals surface area (Å²) in [7, 11) is 0. The lowest BCUT2D eigenvalue weighted by molar-refractivity contribution is -0.128. The topological polar surface area (TPSA) is 129 Å². The summed E-state index contributed by atoms with van der Waals surface area (Å²) >= 11 is 6.54. The third-order valence-corrected chi connectivity index (χ3v) is 8.12. The Morgan fingerprint density at radius 3 is 2.64 bits per heavy atom. The molecular formula is C31H28ClF3N6O4. The van der Waals surface area contributed by atoms with Crippen LogP contribution < -0.4 is 15.1 Å². The minimum atomic E-state index is -2.83. The van der Waals surface area contributed by atoms with Crippen molar-refractivity contribution in [2.75, 3.05) is 16.4 Å². The van der Waals surface area contributed by atoms with Gasteiger partial charge in [-0.05, 0) is 31.0 Å². The van der Waals surface area contributed by atoms with Gasteiger partial charge < -0.3 is 10.1 Å². The van der Waals surface area contributed by atoms with E-state index in [9.17, 15) is 32.8 Å². The summed E-state index contributed by atoms with van der Waals surface area (Å²) in [6.07, 6.45) is 1.79. The number of nitrogens with one attached hydrogen (secondary N) is 1. The van der Waals surface area contributed by atoms with Crippen LogP contribution in [-0.2, 0) is 14.3 Å². The second kappa shape index (κ2) is 13.5. The van der Waals surface area contributed by atoms with E-state index >= 15 is 0 Å². The zero-order valence-corrected chi connectivity index (χ0v) is 24.6. The molecule has 5 rings (SSSR count). The lowest BCUT2D eigenvalue weighted by atomic mass is 9.91. The smallest absolute Gasteiger partial charge is 0.415 e. The third kappa shape index (κ3) is 7.34. The molecule has 0 radical (unpaired) electrons. The van der Waals surface area contributed by atoms with Gasteiger partial charge in [-0.2, -0.15) is 5.26 Å². The van der Waals surface area contributed by atoms with Crippen LogP contribution >= 0.6 is 11.6 Å². The molecular weight excluding hydrogens is 613 g/mol. The molecule has 1 aliphatic heterocycles. The highest BCUT2D eigenvalue weighted by atomic mass is 35.5. The molecule has 2 aromatic heterocycles. The van der Waals surface area contributed by atoms with E-state index in [-0.39, 0.29) is 59.9 Å². The molecule has 2 fully saturated rings. The lowest BCUT2D eigenvalue weighted by Crippen LogP contribution is -2.51. The Morgan fingerprint density at radius 1 is 1.18 bits per heavy atom. The SMILES string of the molecule is N#Cc1ccnc(N2C(=O)OCC[C@H]2CC(=O)N(c2cncc(F)c2)[C@H](C(=O)NC2CCC(F)(F)CC2)c2ccccc2Cl)c1. The monoisotopic (exact) mass is 640 g/mol. The average molecular weight is 641 g/mol. The summed E-state index contributed by atoms with van der Waals surface area (Å²) in [4.78, 5) is 51.6. The highest BCUT2D eigenvalue weighted by Gasteiger charge is 2.41. The lowest BCUT2D eigenvalue weighted by Gasteiger charge is -2.37. The molecule has 2 aliphatic rings. The van der Waals surface area contributed by atoms with E-state index in [0.717, 1.165) is 22.1 Å². The Labute approximate surface area is 261 Å². The standard InChI is InChI=1S/C31H28ClF3N6O4/c32-25-4-2-1-3-24(25)28(29(43)39-21-5-9-31(34,35)10-6-21)41(23-14-20(33)17-37-18-23)27(42)15-22-8-12-45-30(44)40(22)26-13-19(16-36)7-11-38-26/h1-4,7,11,13-14,17-18,21-22,28H,5-6,8-10,12,15H2,(H,39,43)/t22-,28-/m0/s1. The Hall–Kier alpha value is -4.70. The van der Waals surface area contributed by atoms with Gasteiger partial charge in [-0.25, -0.2) is 22.9 Å². The van der Waals surface area contributed by atoms with Crippen molar-refractivity contribution >= 4 is 41.0 Å². The number of halogens is 4. The van der Waals surface area contributed by atoms with Gasteiger partial charge >= 0.3 is 6.09 Å². The van der Waals surface area contributed by atoms with Crippen molar-refractivity contribution in [3.05, 3.63) is 83.0 Å². The summed E-state index contributed by atoms with van der Waals surface area (Å²) in [5.74, 6) is -4.92. The van der Waals surface area contributed by atoms with Crippen LogP contribution in [0.1, 0.15) is 55.7 Å². The maximum atomic E-state index is 14.5. The van der Waals surface area contributed by atoms with Crippen LogP contribution in [0.25, 0.3) is 0 Å². The molecule has 1 aromatic carbocycles. The predicted octanol–water partition coefficient (Wildman–Crippen LogP) is 5.71. The van der Waals surface area contributed by atoms with E-state index in [1.807, 2.05) is 6.07 Å². The van der Waals surface area contributed by atoms with Crippen LogP contribution in [0, 0.1) is 17.1 Å². The molecule has 2 atom stereocenters. The van der Waals surface area contributed by atoms with Crippen LogP contribution in [-0.4, -0.2) is 52.5 Å². The molecule has 1 aliphatic carbocycles. The Morgan fingerprint density at radius 2 is 1.93 bits per heavy atom. The van der Waals surface area contributed by atoms with Gasteiger partial charge in [0.1, 0.15) is 17.7 Å². The first-order chi connectivity index (χ1) is 21.6. The first kappa shape index (κ1) is 31.7. The summed E-state index contributed by atoms with van der Waals surface area (Å²) < 4.78 is 47.4. The molecule has 234 valence electrons. The minimum absolute atomic E-state index is 0.00646. The molecule has 3 heterocycles. The number of benzene rings is 1. The third-order valence-electron chi connectivity index (χ3n) is 7.78. The van der Waals surface area contributed by atoms with E-state index in [2.05, 4.69) is 15.3 Å². The number of cyclic esters (lactones) is 1. The quantitative estimate of drug-likeness (QED) is 0.334. The van der Waals surface area contributed by atoms with Crippen LogP contribution in [0.2, 0.25) is 5.02 Å². The molecule has 1 N–H and O–H groups in total. The summed E-state index contributed by atoms with van der Waals surface area (Å²) in [6, 6.07) is 9.29. The molecule has 10 nitrogen and oxygen atoms in total. The number of aromatic nitrogens is 2. The van der Waals surface area contributed by atoms with Crippen LogP contribution in [0.15, 0.2) is 61.1 Å². The van der Waals surface area contributed by atoms with Crippen molar-refractivity contribution in [3.63, 3.8) is 0 Å². The number of carbonyl (C=O) groups is 3. The molecule has 0 bridgehead atoms. The van der Waals surface area contributed by atoms with Gasteiger partial charge in [-0.15, -0.1) is 0 Å². The number of hydrogen-bond donors (Lipinski definition) is 1. The van der Waals surface area contributed by atoms with E-state index < -0.39 is 60.6 Å². The summed E-state index contributed by atoms with van der Waals surface area (Å²) in [5, 5.41) is 12.3. The number of amides is 3. The van der Waals surface area contributed by atoms with Crippen LogP contribution in [0.4, 0.5) is 29.5 Å². The van der Waals surface area contributed by atoms with Crippen molar-refractivity contribution in [3.8, 4) is 6.07 Å². The number of alkyl halides is 2. The molecule has 3 aromatic rings. The molecule has 3 amide bonds. The van der Waals surface area contributed by atoms with Crippen molar-refractivity contribution in [1.29, 1.82) is 5.26 Å². The van der Waals surface area contributed by atoms with E-state index in [1.54, 1.807) is 12.1 Å². The summed E-state index contributed by atoms with van der Waals surface area (Å²) in [5.41, 5.74) is 0.371. The van der Waals surface area contributed by atoms with Crippen molar-refractivity contribution in [2.24, 2.45) is 0 Å². The van der Waals surface area contributed by atoms with E-state index in [0.29, 0.717) is 0 Å². The number of ether oxygens (including phenoxy) is 1. The molecule has 0 unspecified atom stereocenters. The number of anilines is 2. The average Bonchev–Trinajstić information content (AvgIpc) is 3.01. The highest BCUT2D eigenvalue weighted by molar-refractivity contribution is 6.31. The van der Waals surface area contributed by atoms with E-state index in [4.69, 9.17) is 16.3 Å². The van der Waals surface area contributed by atoms with Gasteiger partial charge in [0.15, 0.2) is 0 Å². The highest BCUT2D eigenvalue weighted by Crippen LogP contribution is 2.36. The van der Waals surface area contributed by atoms with E-state index in [1.165, 1.54) is 36.7 Å². The number of carbonyl (C=O) groups excluding carboxylic acids is 3. The van der Waals surface area contributed by atoms with Gasteiger partial charge in [0.05, 0.1) is 42.4 Å². The number of nitrogens with zero attached hydrogens (tertiary/aromatic N) is 5. The molecule has 14 heteroatoms. The molecule has 1 saturated carbocycles. The first-order valence-electron chi connectivity index (χ1n) is 14.2. The van der Waals surface area contributed by atoms with Crippen molar-refractivity contribution in [1.82, 2.24) is 15.3 Å². The number of rotatable bonds is 8. The Balaban J connectivity index is 1.53. The van der Waals surface area contributed by atoms with Gasteiger partial charge in [-0.3, -0.25) is 24.4 Å². The van der Waals surface area contributed by atoms with Crippen molar-refractivity contribution in [2.45, 2.75) is 62.6 Å². The van der Waals surface area contributed by atoms with Gasteiger partial charge in [0.2, 0.25) is 17.7 Å². The fourth-order valence-electron chi connectivity index (χ4n) is 5.55. The molecule has 45 heavy (non-hydrogen) atoms. The zero-order valence-electron chi connectivity index (χ0n) is 23.8. The first-order valence-corrected chi connectivity index (χ1v) is 14.6. The predicted molar refractivity (Wildman–Crippen MR) is 157 cm³/mol. The fourth-order valence-corrected chi connectivity index (χ4v) is 5.79. The minimum Gasteiger partial charge on any atom is -0.449 e. The van der Waals surface area contributed by atoms with Crippen LogP contribution in [0.5, 0.6) is 0 Å². The van der Waals surface area contributed by atoms with Gasteiger partial charge in [0.25, 0.3) is 0 Å². The summed E-state index contributed by atoms with van der Waals surface area (Å²) in [6.45, 7) is -0.00646. The normalized spacial score (nSPS) is 18.8. The van der Waals surface area contributed by atoms with Gasteiger partial charge in [-0.1, -0.05) is 29.8 Å². The van der Waals surface area contributed by atoms with Crippen LogP contribution in [0.3, 0.4) is 0 Å². The molecule has 0 spiro atoms. The largest absolute Gasteiger partial charge is 0.449 e. The van der Waals surface area contributed by atoms with Gasteiger partial charge in [0, 0.05) is 54.6 Å². The molecule has 1 saturated heterocycles. The number of hydrogen-bond acceptors (Lipinski definition) is 7. The fraction of sp³-hybridized carbons (Fsp3) is 0.355. The maximum absolute atomic E-state index is 14.5. The zero-order chi connectivity index (χ0) is 32.1.